The molecule has 2 atom stereocenters. The van der Waals surface area contributed by atoms with Crippen LogP contribution in [0.1, 0.15) is 19.3 Å². The zero-order chi connectivity index (χ0) is 9.26. The maximum atomic E-state index is 11.9. The van der Waals surface area contributed by atoms with Gasteiger partial charge in [-0.05, 0) is 25.2 Å². The van der Waals surface area contributed by atoms with E-state index in [1.54, 1.807) is 7.11 Å². The van der Waals surface area contributed by atoms with Gasteiger partial charge in [0.05, 0.1) is 6.61 Å². The predicted octanol–water partition coefficient (Wildman–Crippen LogP) is 1.02. The monoisotopic (exact) mass is 184 g/mol. The van der Waals surface area contributed by atoms with Crippen LogP contribution in [0.2, 0.25) is 0 Å². The van der Waals surface area contributed by atoms with E-state index in [1.807, 2.05) is 0 Å². The third-order valence-electron chi connectivity index (χ3n) is 2.92. The molecule has 0 aromatic carbocycles. The van der Waals surface area contributed by atoms with Gasteiger partial charge in [0.2, 0.25) is 0 Å². The smallest absolute Gasteiger partial charge is 0.167 e. The van der Waals surface area contributed by atoms with Crippen LogP contribution in [0.5, 0.6) is 0 Å². The molecule has 0 aromatic heterocycles. The first-order valence-corrected chi connectivity index (χ1v) is 4.97. The molecule has 2 unspecified atom stereocenters. The van der Waals surface area contributed by atoms with Crippen LogP contribution in [0, 0.1) is 11.8 Å². The van der Waals surface area contributed by atoms with Gasteiger partial charge in [-0.25, -0.2) is 0 Å². The lowest BCUT2D eigenvalue weighted by Gasteiger charge is -2.16. The molecule has 1 saturated heterocycles. The van der Waals surface area contributed by atoms with Crippen molar-refractivity contribution in [1.29, 1.82) is 0 Å². The number of hydrogen-bond acceptors (Lipinski definition) is 3. The normalized spacial score (nSPS) is 30.4. The summed E-state index contributed by atoms with van der Waals surface area (Å²) in [6.07, 6.45) is 3.04. The summed E-state index contributed by atoms with van der Waals surface area (Å²) in [6, 6.07) is 0. The minimum atomic E-state index is -0.147. The van der Waals surface area contributed by atoms with Crippen molar-refractivity contribution >= 4 is 5.78 Å². The lowest BCUT2D eigenvalue weighted by molar-refractivity contribution is -0.134. The van der Waals surface area contributed by atoms with Crippen LogP contribution in [0.3, 0.4) is 0 Å². The summed E-state index contributed by atoms with van der Waals surface area (Å²) in [6.45, 7) is 1.34. The van der Waals surface area contributed by atoms with Crippen molar-refractivity contribution < 1.29 is 14.3 Å². The Morgan fingerprint density at radius 2 is 2.23 bits per heavy atom. The molecular weight excluding hydrogens is 168 g/mol. The molecule has 3 heteroatoms. The van der Waals surface area contributed by atoms with E-state index in [1.165, 1.54) is 0 Å². The third kappa shape index (κ3) is 1.92. The average Bonchev–Trinajstić information content (AvgIpc) is 2.83. The molecule has 0 bridgehead atoms. The molecule has 0 N–H and O–H groups in total. The quantitative estimate of drug-likeness (QED) is 0.654. The van der Waals surface area contributed by atoms with Crippen LogP contribution in [-0.2, 0) is 14.3 Å². The second kappa shape index (κ2) is 3.76. The lowest BCUT2D eigenvalue weighted by Crippen LogP contribution is -2.31. The molecule has 0 spiro atoms. The number of carbonyl (C=O) groups excluding carboxylic acids is 1. The first-order valence-electron chi connectivity index (χ1n) is 4.97. The number of rotatable bonds is 4. The van der Waals surface area contributed by atoms with E-state index in [4.69, 9.17) is 9.47 Å². The Labute approximate surface area is 78.4 Å². The minimum absolute atomic E-state index is 0.102. The Kier molecular flexibility index (Phi) is 2.65. The van der Waals surface area contributed by atoms with Gasteiger partial charge in [-0.15, -0.1) is 0 Å². The summed E-state index contributed by atoms with van der Waals surface area (Å²) < 4.78 is 10.4. The molecule has 2 fully saturated rings. The minimum Gasteiger partial charge on any atom is -0.381 e. The van der Waals surface area contributed by atoms with Crippen molar-refractivity contribution in [2.45, 2.75) is 25.4 Å². The number of Topliss-reactive ketones (excluding diaryl/α,β-unsaturated/α-hetero) is 1. The summed E-state index contributed by atoms with van der Waals surface area (Å²) >= 11 is 0. The molecule has 2 rings (SSSR count). The fourth-order valence-corrected chi connectivity index (χ4v) is 1.93. The van der Waals surface area contributed by atoms with E-state index in [9.17, 15) is 4.79 Å². The highest BCUT2D eigenvalue weighted by atomic mass is 16.5. The summed E-state index contributed by atoms with van der Waals surface area (Å²) in [7, 11) is 1.64. The van der Waals surface area contributed by atoms with Gasteiger partial charge in [-0.2, -0.15) is 0 Å². The van der Waals surface area contributed by atoms with E-state index in [-0.39, 0.29) is 17.8 Å². The Bertz CT molecular complexity index is 192. The topological polar surface area (TPSA) is 35.5 Å². The highest BCUT2D eigenvalue weighted by Gasteiger charge is 2.39. The first kappa shape index (κ1) is 9.16. The van der Waals surface area contributed by atoms with Crippen molar-refractivity contribution in [1.82, 2.24) is 0 Å². The van der Waals surface area contributed by atoms with Gasteiger partial charge >= 0.3 is 0 Å². The third-order valence-corrected chi connectivity index (χ3v) is 2.92. The zero-order valence-electron chi connectivity index (χ0n) is 7.99. The zero-order valence-corrected chi connectivity index (χ0v) is 7.99. The molecule has 0 aromatic rings. The van der Waals surface area contributed by atoms with Crippen molar-refractivity contribution in [2.75, 3.05) is 20.3 Å². The SMILES string of the molecule is COC(C(=O)C1CCOC1)C1CC1. The standard InChI is InChI=1S/C10H16O3/c1-12-10(7-2-3-7)9(11)8-4-5-13-6-8/h7-8,10H,2-6H2,1H3. The van der Waals surface area contributed by atoms with Gasteiger partial charge in [0.15, 0.2) is 5.78 Å². The van der Waals surface area contributed by atoms with Gasteiger partial charge < -0.3 is 9.47 Å². The number of ketones is 1. The lowest BCUT2D eigenvalue weighted by atomic mass is 9.96. The van der Waals surface area contributed by atoms with Crippen LogP contribution in [0.15, 0.2) is 0 Å². The Morgan fingerprint density at radius 1 is 1.46 bits per heavy atom. The van der Waals surface area contributed by atoms with Crippen molar-refractivity contribution in [3.63, 3.8) is 0 Å². The fourth-order valence-electron chi connectivity index (χ4n) is 1.93. The molecule has 1 saturated carbocycles. The van der Waals surface area contributed by atoms with E-state index in [0.717, 1.165) is 25.9 Å². The molecule has 0 amide bonds. The first-order chi connectivity index (χ1) is 6.33. The van der Waals surface area contributed by atoms with Crippen LogP contribution in [-0.4, -0.2) is 32.2 Å². The molecule has 1 aliphatic carbocycles. The maximum absolute atomic E-state index is 11.9. The van der Waals surface area contributed by atoms with Crippen LogP contribution in [0.25, 0.3) is 0 Å². The second-order valence-corrected chi connectivity index (χ2v) is 3.96. The predicted molar refractivity (Wildman–Crippen MR) is 47.5 cm³/mol. The number of hydrogen-bond donors (Lipinski definition) is 0. The maximum Gasteiger partial charge on any atom is 0.167 e. The van der Waals surface area contributed by atoms with E-state index < -0.39 is 0 Å². The Hall–Kier alpha value is -0.410. The van der Waals surface area contributed by atoms with Gasteiger partial charge in [-0.1, -0.05) is 0 Å². The molecular formula is C10H16O3. The largest absolute Gasteiger partial charge is 0.381 e. The van der Waals surface area contributed by atoms with E-state index in [2.05, 4.69) is 0 Å². The molecule has 2 aliphatic rings. The van der Waals surface area contributed by atoms with E-state index in [0.29, 0.717) is 12.5 Å². The number of methoxy groups -OCH3 is 1. The molecule has 0 radical (unpaired) electrons. The summed E-state index contributed by atoms with van der Waals surface area (Å²) in [5.74, 6) is 0.867. The summed E-state index contributed by atoms with van der Waals surface area (Å²) in [4.78, 5) is 11.9. The van der Waals surface area contributed by atoms with Gasteiger partial charge in [0.1, 0.15) is 6.10 Å². The van der Waals surface area contributed by atoms with Crippen molar-refractivity contribution in [2.24, 2.45) is 11.8 Å². The molecule has 1 heterocycles. The molecule has 74 valence electrons. The number of carbonyl (C=O) groups is 1. The van der Waals surface area contributed by atoms with E-state index >= 15 is 0 Å². The Balaban J connectivity index is 1.92. The number of ether oxygens (including phenoxy) is 2. The summed E-state index contributed by atoms with van der Waals surface area (Å²) in [5.41, 5.74) is 0. The van der Waals surface area contributed by atoms with Crippen LogP contribution < -0.4 is 0 Å². The van der Waals surface area contributed by atoms with Crippen LogP contribution >= 0.6 is 0 Å². The average molecular weight is 184 g/mol. The second-order valence-electron chi connectivity index (χ2n) is 3.96. The fraction of sp³-hybridized carbons (Fsp3) is 0.900. The molecule has 3 nitrogen and oxygen atoms in total. The van der Waals surface area contributed by atoms with Crippen LogP contribution in [0.4, 0.5) is 0 Å². The highest BCUT2D eigenvalue weighted by Crippen LogP contribution is 2.36. The molecule has 13 heavy (non-hydrogen) atoms. The van der Waals surface area contributed by atoms with Crippen molar-refractivity contribution in [3.8, 4) is 0 Å². The highest BCUT2D eigenvalue weighted by molar-refractivity contribution is 5.86. The summed E-state index contributed by atoms with van der Waals surface area (Å²) in [5, 5.41) is 0. The van der Waals surface area contributed by atoms with Crippen molar-refractivity contribution in [3.05, 3.63) is 0 Å². The van der Waals surface area contributed by atoms with Gasteiger partial charge in [0.25, 0.3) is 0 Å². The Morgan fingerprint density at radius 3 is 2.69 bits per heavy atom. The molecule has 1 aliphatic heterocycles. The van der Waals surface area contributed by atoms with Gasteiger partial charge in [0, 0.05) is 19.6 Å². The van der Waals surface area contributed by atoms with Gasteiger partial charge in [-0.3, -0.25) is 4.79 Å².